The van der Waals surface area contributed by atoms with E-state index in [0.29, 0.717) is 0 Å². The van der Waals surface area contributed by atoms with Crippen LogP contribution in [0.2, 0.25) is 0 Å². The molecule has 1 unspecified atom stereocenters. The third kappa shape index (κ3) is 4.42. The standard InChI is InChI=1S/C15H24N2O3/c1-10-11(7-6-8-13(10)19-5)12(9-16)17-14(18)20-15(2,3)4/h6-8,12H,9,16H2,1-5H3,(H,17,18). The molecule has 0 radical (unpaired) electrons. The summed E-state index contributed by atoms with van der Waals surface area (Å²) in [5, 5.41) is 2.79. The molecule has 1 aromatic rings. The molecule has 1 amide bonds. The number of hydrogen-bond acceptors (Lipinski definition) is 4. The summed E-state index contributed by atoms with van der Waals surface area (Å²) in [5.41, 5.74) is 7.12. The highest BCUT2D eigenvalue weighted by Gasteiger charge is 2.21. The monoisotopic (exact) mass is 280 g/mol. The summed E-state index contributed by atoms with van der Waals surface area (Å²) in [7, 11) is 1.62. The largest absolute Gasteiger partial charge is 0.496 e. The average molecular weight is 280 g/mol. The van der Waals surface area contributed by atoms with E-state index in [0.717, 1.165) is 16.9 Å². The molecule has 1 rings (SSSR count). The first kappa shape index (κ1) is 16.3. The van der Waals surface area contributed by atoms with E-state index in [9.17, 15) is 4.79 Å². The number of nitrogens with one attached hydrogen (secondary N) is 1. The lowest BCUT2D eigenvalue weighted by atomic mass is 10.0. The van der Waals surface area contributed by atoms with Crippen molar-refractivity contribution in [2.24, 2.45) is 5.73 Å². The number of amides is 1. The van der Waals surface area contributed by atoms with Crippen molar-refractivity contribution in [3.8, 4) is 5.75 Å². The second-order valence-electron chi connectivity index (χ2n) is 5.61. The Labute approximate surface area is 120 Å². The van der Waals surface area contributed by atoms with E-state index in [4.69, 9.17) is 15.2 Å². The number of carbonyl (C=O) groups excluding carboxylic acids is 1. The molecule has 0 heterocycles. The quantitative estimate of drug-likeness (QED) is 0.889. The Morgan fingerprint density at radius 1 is 1.40 bits per heavy atom. The summed E-state index contributed by atoms with van der Waals surface area (Å²) in [5.74, 6) is 0.770. The minimum absolute atomic E-state index is 0.285. The van der Waals surface area contributed by atoms with Crippen LogP contribution in [-0.2, 0) is 4.74 Å². The molecule has 5 heteroatoms. The molecule has 0 aliphatic heterocycles. The number of alkyl carbamates (subject to hydrolysis) is 1. The Hall–Kier alpha value is -1.75. The summed E-state index contributed by atoms with van der Waals surface area (Å²) in [6, 6.07) is 5.37. The van der Waals surface area contributed by atoms with Crippen LogP contribution in [0.4, 0.5) is 4.79 Å². The van der Waals surface area contributed by atoms with Gasteiger partial charge in [-0.05, 0) is 44.9 Å². The maximum atomic E-state index is 11.8. The normalized spacial score (nSPS) is 12.7. The molecule has 0 fully saturated rings. The average Bonchev–Trinajstić information content (AvgIpc) is 2.34. The Bertz CT molecular complexity index is 467. The zero-order valence-electron chi connectivity index (χ0n) is 12.8. The fourth-order valence-electron chi connectivity index (χ4n) is 1.94. The first-order valence-corrected chi connectivity index (χ1v) is 6.61. The van der Waals surface area contributed by atoms with E-state index in [-0.39, 0.29) is 12.6 Å². The van der Waals surface area contributed by atoms with Crippen LogP contribution in [0, 0.1) is 6.92 Å². The van der Waals surface area contributed by atoms with Gasteiger partial charge < -0.3 is 20.5 Å². The molecular weight excluding hydrogens is 256 g/mol. The predicted octanol–water partition coefficient (Wildman–Crippen LogP) is 2.53. The Morgan fingerprint density at radius 2 is 2.05 bits per heavy atom. The SMILES string of the molecule is COc1cccc(C(CN)NC(=O)OC(C)(C)C)c1C. The highest BCUT2D eigenvalue weighted by molar-refractivity contribution is 5.68. The smallest absolute Gasteiger partial charge is 0.408 e. The number of rotatable bonds is 4. The highest BCUT2D eigenvalue weighted by atomic mass is 16.6. The van der Waals surface area contributed by atoms with Crippen LogP contribution in [-0.4, -0.2) is 25.3 Å². The van der Waals surface area contributed by atoms with Gasteiger partial charge in [-0.3, -0.25) is 0 Å². The van der Waals surface area contributed by atoms with Crippen LogP contribution in [0.25, 0.3) is 0 Å². The maximum Gasteiger partial charge on any atom is 0.408 e. The molecule has 0 bridgehead atoms. The molecular formula is C15H24N2O3. The fourth-order valence-corrected chi connectivity index (χ4v) is 1.94. The van der Waals surface area contributed by atoms with E-state index >= 15 is 0 Å². The van der Waals surface area contributed by atoms with Gasteiger partial charge in [-0.1, -0.05) is 12.1 Å². The van der Waals surface area contributed by atoms with Crippen molar-refractivity contribution in [3.05, 3.63) is 29.3 Å². The molecule has 5 nitrogen and oxygen atoms in total. The minimum atomic E-state index is -0.535. The molecule has 0 aromatic heterocycles. The van der Waals surface area contributed by atoms with Gasteiger partial charge in [-0.15, -0.1) is 0 Å². The van der Waals surface area contributed by atoms with Crippen LogP contribution in [0.1, 0.15) is 37.9 Å². The van der Waals surface area contributed by atoms with Gasteiger partial charge in [0.2, 0.25) is 0 Å². The van der Waals surface area contributed by atoms with Gasteiger partial charge in [-0.2, -0.15) is 0 Å². The van der Waals surface area contributed by atoms with Crippen LogP contribution in [0.3, 0.4) is 0 Å². The van der Waals surface area contributed by atoms with Crippen LogP contribution >= 0.6 is 0 Å². The summed E-state index contributed by atoms with van der Waals surface area (Å²) in [6.45, 7) is 7.68. The number of carbonyl (C=O) groups is 1. The molecule has 1 atom stereocenters. The number of nitrogens with two attached hydrogens (primary N) is 1. The Kier molecular flexibility index (Phi) is 5.39. The van der Waals surface area contributed by atoms with Crippen molar-refractivity contribution in [1.82, 2.24) is 5.32 Å². The summed E-state index contributed by atoms with van der Waals surface area (Å²) in [4.78, 5) is 11.8. The molecule has 112 valence electrons. The van der Waals surface area contributed by atoms with Gasteiger partial charge in [0.15, 0.2) is 0 Å². The van der Waals surface area contributed by atoms with Gasteiger partial charge in [0.05, 0.1) is 13.2 Å². The van der Waals surface area contributed by atoms with Crippen LogP contribution in [0.5, 0.6) is 5.75 Å². The first-order chi connectivity index (χ1) is 9.28. The molecule has 0 aliphatic carbocycles. The van der Waals surface area contributed by atoms with E-state index in [2.05, 4.69) is 5.32 Å². The second kappa shape index (κ2) is 6.61. The third-order valence-electron chi connectivity index (χ3n) is 2.85. The number of hydrogen-bond donors (Lipinski definition) is 2. The lowest BCUT2D eigenvalue weighted by Gasteiger charge is -2.24. The molecule has 1 aromatic carbocycles. The van der Waals surface area contributed by atoms with Gasteiger partial charge >= 0.3 is 6.09 Å². The highest BCUT2D eigenvalue weighted by Crippen LogP contribution is 2.25. The van der Waals surface area contributed by atoms with E-state index in [1.807, 2.05) is 45.9 Å². The van der Waals surface area contributed by atoms with Gasteiger partial charge in [0.25, 0.3) is 0 Å². The summed E-state index contributed by atoms with van der Waals surface area (Å²) in [6.07, 6.45) is -0.477. The predicted molar refractivity (Wildman–Crippen MR) is 78.9 cm³/mol. The van der Waals surface area contributed by atoms with Crippen LogP contribution in [0.15, 0.2) is 18.2 Å². The minimum Gasteiger partial charge on any atom is -0.496 e. The zero-order valence-corrected chi connectivity index (χ0v) is 12.8. The zero-order chi connectivity index (χ0) is 15.3. The van der Waals surface area contributed by atoms with Gasteiger partial charge in [0.1, 0.15) is 11.4 Å². The van der Waals surface area contributed by atoms with E-state index < -0.39 is 11.7 Å². The molecule has 20 heavy (non-hydrogen) atoms. The van der Waals surface area contributed by atoms with E-state index in [1.54, 1.807) is 7.11 Å². The molecule has 3 N–H and O–H groups in total. The lowest BCUT2D eigenvalue weighted by Crippen LogP contribution is -2.38. The molecule has 0 spiro atoms. The number of methoxy groups -OCH3 is 1. The summed E-state index contributed by atoms with van der Waals surface area (Å²) >= 11 is 0. The maximum absolute atomic E-state index is 11.8. The third-order valence-corrected chi connectivity index (χ3v) is 2.85. The molecule has 0 saturated heterocycles. The van der Waals surface area contributed by atoms with E-state index in [1.165, 1.54) is 0 Å². The van der Waals surface area contributed by atoms with Crippen molar-refractivity contribution in [2.45, 2.75) is 39.3 Å². The molecule has 0 saturated carbocycles. The number of ether oxygens (including phenoxy) is 2. The number of benzene rings is 1. The second-order valence-corrected chi connectivity index (χ2v) is 5.61. The Morgan fingerprint density at radius 3 is 2.55 bits per heavy atom. The van der Waals surface area contributed by atoms with Crippen molar-refractivity contribution >= 4 is 6.09 Å². The van der Waals surface area contributed by atoms with Crippen molar-refractivity contribution in [2.75, 3.05) is 13.7 Å². The lowest BCUT2D eigenvalue weighted by molar-refractivity contribution is 0.0505. The first-order valence-electron chi connectivity index (χ1n) is 6.61. The van der Waals surface area contributed by atoms with Crippen LogP contribution < -0.4 is 15.8 Å². The van der Waals surface area contributed by atoms with Crippen molar-refractivity contribution in [3.63, 3.8) is 0 Å². The van der Waals surface area contributed by atoms with Crippen molar-refractivity contribution in [1.29, 1.82) is 0 Å². The summed E-state index contributed by atoms with van der Waals surface area (Å²) < 4.78 is 10.5. The van der Waals surface area contributed by atoms with Crippen molar-refractivity contribution < 1.29 is 14.3 Å². The topological polar surface area (TPSA) is 73.6 Å². The fraction of sp³-hybridized carbons (Fsp3) is 0.533. The van der Waals surface area contributed by atoms with Gasteiger partial charge in [-0.25, -0.2) is 4.79 Å². The molecule has 0 aliphatic rings. The Balaban J connectivity index is 2.89. The van der Waals surface area contributed by atoms with Gasteiger partial charge in [0, 0.05) is 6.54 Å².